The van der Waals surface area contributed by atoms with Crippen molar-refractivity contribution in [3.8, 4) is 0 Å². The number of furan rings is 4. The molecule has 0 fully saturated rings. The van der Waals surface area contributed by atoms with E-state index >= 15 is 0 Å². The molecule has 0 unspecified atom stereocenters. The molecule has 6 heteroatoms. The van der Waals surface area contributed by atoms with Gasteiger partial charge >= 0.3 is 0 Å². The van der Waals surface area contributed by atoms with Gasteiger partial charge in [0.05, 0.1) is 11.4 Å². The summed E-state index contributed by atoms with van der Waals surface area (Å²) in [7, 11) is 0. The van der Waals surface area contributed by atoms with Crippen molar-refractivity contribution >= 4 is 143 Å². The molecule has 0 saturated carbocycles. The van der Waals surface area contributed by atoms with Crippen LogP contribution in [0.25, 0.3) is 109 Å². The topological polar surface area (TPSA) is 59.0 Å². The summed E-state index contributed by atoms with van der Waals surface area (Å²) in [6.07, 6.45) is 0. The highest BCUT2D eigenvalue weighted by molar-refractivity contribution is 6.28. The largest absolute Gasteiger partial charge is 0.456 e. The summed E-state index contributed by atoms with van der Waals surface area (Å²) in [5, 5.41) is 13.0. The average molecular weight is 887 g/mol. The standard InChI is InChI=1S/C63H38N2O4/c1-37-13-5-8-20-51(37)65(53-22-12-19-48-46-17-7-10-24-55(46)69-63(48)53)44-28-26-39-34-50-59(36-41(39)32-44)67-57-30-29-56-60(61(50)57)49-33-38-25-27-43(31-40(38)35-58(49)66-56)64(42-14-3-2-4-15-42)52-21-11-18-47-45-16-6-9-23-54(45)68-62(47)52/h2-36H,1H3. The Morgan fingerprint density at radius 3 is 1.33 bits per heavy atom. The lowest BCUT2D eigenvalue weighted by molar-refractivity contribution is 0.663. The van der Waals surface area contributed by atoms with Crippen molar-refractivity contribution in [3.63, 3.8) is 0 Å². The molecule has 0 atom stereocenters. The SMILES string of the molecule is Cc1ccccc1N(c1ccc2cc3c(cc2c1)oc1ccc2oc4cc5cc(N(c6ccccc6)c6cccc7c6oc6ccccc67)ccc5cc4c2c13)c1cccc2c1oc1ccccc12. The van der Waals surface area contributed by atoms with Gasteiger partial charge in [0.25, 0.3) is 0 Å². The molecule has 69 heavy (non-hydrogen) atoms. The van der Waals surface area contributed by atoms with Crippen LogP contribution in [-0.2, 0) is 0 Å². The van der Waals surface area contributed by atoms with Crippen molar-refractivity contribution in [3.05, 3.63) is 218 Å². The Hall–Kier alpha value is -9.26. The number of anilines is 6. The van der Waals surface area contributed by atoms with Crippen LogP contribution in [0.5, 0.6) is 0 Å². The molecule has 15 aromatic rings. The van der Waals surface area contributed by atoms with E-state index in [9.17, 15) is 0 Å². The third-order valence-electron chi connectivity index (χ3n) is 14.1. The molecule has 324 valence electrons. The molecule has 0 amide bonds. The van der Waals surface area contributed by atoms with Gasteiger partial charge in [0.1, 0.15) is 33.5 Å². The number of para-hydroxylation sites is 6. The van der Waals surface area contributed by atoms with Crippen LogP contribution in [0.3, 0.4) is 0 Å². The fraction of sp³-hybridized carbons (Fsp3) is 0.0159. The first-order valence-electron chi connectivity index (χ1n) is 23.3. The van der Waals surface area contributed by atoms with Gasteiger partial charge < -0.3 is 27.5 Å². The smallest absolute Gasteiger partial charge is 0.159 e. The first-order chi connectivity index (χ1) is 34.1. The number of nitrogens with zero attached hydrogens (tertiary/aromatic N) is 2. The molecule has 0 N–H and O–H groups in total. The Morgan fingerprint density at radius 1 is 0.275 bits per heavy atom. The lowest BCUT2D eigenvalue weighted by Crippen LogP contribution is -2.11. The molecule has 6 nitrogen and oxygen atoms in total. The second-order valence-corrected chi connectivity index (χ2v) is 18.1. The van der Waals surface area contributed by atoms with Crippen molar-refractivity contribution in [1.82, 2.24) is 0 Å². The van der Waals surface area contributed by atoms with E-state index in [1.807, 2.05) is 42.5 Å². The Morgan fingerprint density at radius 2 is 0.754 bits per heavy atom. The van der Waals surface area contributed by atoms with Gasteiger partial charge in [0, 0.05) is 65.8 Å². The Balaban J connectivity index is 0.870. The molecule has 0 spiro atoms. The van der Waals surface area contributed by atoms with Crippen molar-refractivity contribution in [2.24, 2.45) is 0 Å². The zero-order valence-corrected chi connectivity index (χ0v) is 37.2. The molecular formula is C63H38N2O4. The zero-order valence-electron chi connectivity index (χ0n) is 37.2. The zero-order chi connectivity index (χ0) is 45.3. The minimum absolute atomic E-state index is 0.822. The Kier molecular flexibility index (Phi) is 7.89. The maximum Gasteiger partial charge on any atom is 0.159 e. The number of benzene rings is 11. The summed E-state index contributed by atoms with van der Waals surface area (Å²) in [6.45, 7) is 2.16. The highest BCUT2D eigenvalue weighted by atomic mass is 16.3. The van der Waals surface area contributed by atoms with Crippen LogP contribution in [-0.4, -0.2) is 0 Å². The van der Waals surface area contributed by atoms with E-state index in [4.69, 9.17) is 17.7 Å². The van der Waals surface area contributed by atoms with E-state index in [2.05, 4.69) is 187 Å². The number of hydrogen-bond donors (Lipinski definition) is 0. The molecule has 15 rings (SSSR count). The van der Waals surface area contributed by atoms with E-state index in [1.54, 1.807) is 0 Å². The highest BCUT2D eigenvalue weighted by Crippen LogP contribution is 2.47. The molecule has 4 heterocycles. The maximum atomic E-state index is 6.75. The molecule has 0 aliphatic heterocycles. The highest BCUT2D eigenvalue weighted by Gasteiger charge is 2.24. The van der Waals surface area contributed by atoms with Crippen molar-refractivity contribution in [2.75, 3.05) is 9.80 Å². The third kappa shape index (κ3) is 5.66. The summed E-state index contributed by atoms with van der Waals surface area (Å²) < 4.78 is 26.7. The van der Waals surface area contributed by atoms with Crippen molar-refractivity contribution in [2.45, 2.75) is 6.92 Å². The van der Waals surface area contributed by atoms with Crippen LogP contribution in [0.1, 0.15) is 5.56 Å². The fourth-order valence-electron chi connectivity index (χ4n) is 10.9. The van der Waals surface area contributed by atoms with Crippen LogP contribution in [0.15, 0.2) is 230 Å². The molecule has 0 aliphatic rings. The van der Waals surface area contributed by atoms with Gasteiger partial charge in [-0.3, -0.25) is 0 Å². The molecule has 0 bridgehead atoms. The summed E-state index contributed by atoms with van der Waals surface area (Å²) in [5.41, 5.74) is 14.0. The predicted molar refractivity (Wildman–Crippen MR) is 285 cm³/mol. The first-order valence-corrected chi connectivity index (χ1v) is 23.3. The number of aryl methyl sites for hydroxylation is 1. The summed E-state index contributed by atoms with van der Waals surface area (Å²) >= 11 is 0. The van der Waals surface area contributed by atoms with Crippen molar-refractivity contribution < 1.29 is 17.7 Å². The van der Waals surface area contributed by atoms with E-state index in [1.165, 1.54) is 0 Å². The van der Waals surface area contributed by atoms with Gasteiger partial charge in [-0.15, -0.1) is 0 Å². The number of hydrogen-bond acceptors (Lipinski definition) is 6. The van der Waals surface area contributed by atoms with Crippen LogP contribution in [0.4, 0.5) is 34.1 Å². The molecule has 11 aromatic carbocycles. The summed E-state index contributed by atoms with van der Waals surface area (Å²) in [6, 6.07) is 74.6. The van der Waals surface area contributed by atoms with Gasteiger partial charge in [-0.1, -0.05) is 109 Å². The van der Waals surface area contributed by atoms with Crippen LogP contribution in [0, 0.1) is 6.92 Å². The third-order valence-corrected chi connectivity index (χ3v) is 14.1. The van der Waals surface area contributed by atoms with Crippen LogP contribution < -0.4 is 9.80 Å². The Labute approximate surface area is 394 Å². The summed E-state index contributed by atoms with van der Waals surface area (Å²) in [5.74, 6) is 0. The average Bonchev–Trinajstić information content (AvgIpc) is 4.16. The molecule has 4 aromatic heterocycles. The van der Waals surface area contributed by atoms with Crippen LogP contribution >= 0.6 is 0 Å². The monoisotopic (exact) mass is 886 g/mol. The minimum atomic E-state index is 0.822. The van der Waals surface area contributed by atoms with Gasteiger partial charge in [-0.05, 0) is 137 Å². The van der Waals surface area contributed by atoms with Gasteiger partial charge in [-0.25, -0.2) is 0 Å². The van der Waals surface area contributed by atoms with Crippen LogP contribution in [0.2, 0.25) is 0 Å². The fourth-order valence-corrected chi connectivity index (χ4v) is 10.9. The predicted octanol–water partition coefficient (Wildman–Crippen LogP) is 18.8. The quantitative estimate of drug-likeness (QED) is 0.166. The van der Waals surface area contributed by atoms with E-state index < -0.39 is 0 Å². The molecule has 0 aliphatic carbocycles. The maximum absolute atomic E-state index is 6.75. The molecular weight excluding hydrogens is 849 g/mol. The second-order valence-electron chi connectivity index (χ2n) is 18.1. The first kappa shape index (κ1) is 37.9. The number of fused-ring (bicyclic) bond motifs is 15. The number of rotatable bonds is 6. The van der Waals surface area contributed by atoms with E-state index in [0.29, 0.717) is 0 Å². The van der Waals surface area contributed by atoms with Gasteiger partial charge in [0.2, 0.25) is 0 Å². The van der Waals surface area contributed by atoms with Gasteiger partial charge in [0.15, 0.2) is 11.2 Å². The molecule has 0 saturated heterocycles. The molecule has 0 radical (unpaired) electrons. The van der Waals surface area contributed by atoms with Gasteiger partial charge in [-0.2, -0.15) is 0 Å². The van der Waals surface area contributed by atoms with E-state index in [0.717, 1.165) is 149 Å². The second kappa shape index (κ2) is 14.4. The van der Waals surface area contributed by atoms with E-state index in [-0.39, 0.29) is 0 Å². The summed E-state index contributed by atoms with van der Waals surface area (Å²) in [4.78, 5) is 4.60. The lowest BCUT2D eigenvalue weighted by atomic mass is 10.00. The minimum Gasteiger partial charge on any atom is -0.456 e. The lowest BCUT2D eigenvalue weighted by Gasteiger charge is -2.27. The Bertz CT molecular complexity index is 4590. The normalized spacial score (nSPS) is 12.1. The van der Waals surface area contributed by atoms with Crippen molar-refractivity contribution in [1.29, 1.82) is 0 Å².